The van der Waals surface area contributed by atoms with Crippen LogP contribution in [0, 0.1) is 17.8 Å². The van der Waals surface area contributed by atoms with Crippen molar-refractivity contribution in [1.29, 1.82) is 0 Å². The highest BCUT2D eigenvalue weighted by molar-refractivity contribution is 6.18. The third-order valence-electron chi connectivity index (χ3n) is 8.68. The van der Waals surface area contributed by atoms with Gasteiger partial charge < -0.3 is 46.0 Å². The topological polar surface area (TPSA) is 233 Å². The summed E-state index contributed by atoms with van der Waals surface area (Å²) in [5.74, 6) is -9.65. The molecule has 0 spiro atoms. The first-order valence-corrected chi connectivity index (χ1v) is 11.5. The van der Waals surface area contributed by atoms with Crippen molar-refractivity contribution in [2.24, 2.45) is 17.8 Å². The molecule has 0 amide bonds. The van der Waals surface area contributed by atoms with Gasteiger partial charge in [-0.3, -0.25) is 9.59 Å². The van der Waals surface area contributed by atoms with E-state index in [2.05, 4.69) is 0 Å². The zero-order valence-electron chi connectivity index (χ0n) is 19.0. The first-order valence-electron chi connectivity index (χ1n) is 11.5. The molecule has 0 aromatic carbocycles. The van der Waals surface area contributed by atoms with Gasteiger partial charge in [-0.05, 0) is 31.6 Å². The molecule has 9 unspecified atom stereocenters. The molecule has 0 radical (unpaired) electrons. The number of aliphatic carboxylic acids is 1. The lowest BCUT2D eigenvalue weighted by Gasteiger charge is -2.64. The highest BCUT2D eigenvalue weighted by Crippen LogP contribution is 2.59. The molecule has 4 aliphatic carbocycles. The molecular weight excluding hydrogens is 468 g/mol. The van der Waals surface area contributed by atoms with Gasteiger partial charge in [0.05, 0.1) is 12.0 Å². The standard InChI is InChI=1S/C23H30O12/c1-8-10-5-4-9(3-2-6-24)15(26)12(10)16(27)14-18(29)23(35)17(28)13(19(30)31)11(25)7-21(23,33)20(32)22(8,14)34/h8-9,14-15,18,20,24,26,28-29,32-35H,2-7H2,1H3,(H,30,31). The molecule has 0 aromatic rings. The summed E-state index contributed by atoms with van der Waals surface area (Å²) in [6, 6.07) is 0. The molecule has 12 nitrogen and oxygen atoms in total. The summed E-state index contributed by atoms with van der Waals surface area (Å²) in [6.07, 6.45) is -6.27. The zero-order chi connectivity index (χ0) is 26.2. The van der Waals surface area contributed by atoms with E-state index < -0.39 is 88.2 Å². The summed E-state index contributed by atoms with van der Waals surface area (Å²) in [5, 5.41) is 96.7. The number of fused-ring (bicyclic) bond motifs is 2. The maximum atomic E-state index is 13.7. The second-order valence-electron chi connectivity index (χ2n) is 10.2. The van der Waals surface area contributed by atoms with Crippen LogP contribution in [0.1, 0.15) is 39.0 Å². The van der Waals surface area contributed by atoms with Gasteiger partial charge >= 0.3 is 5.97 Å². The van der Waals surface area contributed by atoms with Crippen molar-refractivity contribution in [2.45, 2.75) is 74.1 Å². The Kier molecular flexibility index (Phi) is 6.04. The number of aliphatic hydroxyl groups excluding tert-OH is 5. The van der Waals surface area contributed by atoms with E-state index in [4.69, 9.17) is 5.11 Å². The van der Waals surface area contributed by atoms with E-state index in [1.165, 1.54) is 6.92 Å². The van der Waals surface area contributed by atoms with Crippen LogP contribution in [0.4, 0.5) is 0 Å². The molecule has 35 heavy (non-hydrogen) atoms. The molecule has 0 heterocycles. The number of carboxylic acids is 1. The van der Waals surface area contributed by atoms with E-state index in [-0.39, 0.29) is 24.2 Å². The molecule has 0 bridgehead atoms. The number of ketones is 2. The molecule has 4 rings (SSSR count). The molecule has 9 N–H and O–H groups in total. The number of Topliss-reactive ketones (excluding diaryl/α,β-unsaturated/α-hetero) is 2. The third-order valence-corrected chi connectivity index (χ3v) is 8.68. The first kappa shape index (κ1) is 25.9. The smallest absolute Gasteiger partial charge is 0.342 e. The average molecular weight is 498 g/mol. The predicted octanol–water partition coefficient (Wildman–Crippen LogP) is -2.54. The van der Waals surface area contributed by atoms with Crippen LogP contribution in [0.15, 0.2) is 22.5 Å². The van der Waals surface area contributed by atoms with Crippen molar-refractivity contribution >= 4 is 17.5 Å². The minimum Gasteiger partial charge on any atom is -0.508 e. The summed E-state index contributed by atoms with van der Waals surface area (Å²) in [4.78, 5) is 37.6. The Morgan fingerprint density at radius 3 is 2.31 bits per heavy atom. The van der Waals surface area contributed by atoms with Crippen molar-refractivity contribution in [3.05, 3.63) is 22.5 Å². The number of rotatable bonds is 4. The molecule has 9 atom stereocenters. The van der Waals surface area contributed by atoms with Gasteiger partial charge in [-0.25, -0.2) is 4.79 Å². The van der Waals surface area contributed by atoms with Gasteiger partial charge in [0.15, 0.2) is 17.2 Å². The van der Waals surface area contributed by atoms with E-state index in [0.29, 0.717) is 19.3 Å². The Balaban J connectivity index is 1.90. The minimum atomic E-state index is -3.39. The maximum absolute atomic E-state index is 13.7. The van der Waals surface area contributed by atoms with Crippen LogP contribution < -0.4 is 0 Å². The van der Waals surface area contributed by atoms with Gasteiger partial charge in [0.2, 0.25) is 0 Å². The zero-order valence-corrected chi connectivity index (χ0v) is 19.0. The van der Waals surface area contributed by atoms with Crippen LogP contribution in [0.2, 0.25) is 0 Å². The number of aliphatic hydroxyl groups is 8. The normalized spacial score (nSPS) is 45.7. The van der Waals surface area contributed by atoms with E-state index >= 15 is 0 Å². The van der Waals surface area contributed by atoms with Crippen LogP contribution in [0.5, 0.6) is 0 Å². The van der Waals surface area contributed by atoms with Crippen LogP contribution >= 0.6 is 0 Å². The van der Waals surface area contributed by atoms with Crippen LogP contribution in [0.3, 0.4) is 0 Å². The largest absolute Gasteiger partial charge is 0.508 e. The number of hydrogen-bond acceptors (Lipinski definition) is 11. The Hall–Kier alpha value is -2.19. The summed E-state index contributed by atoms with van der Waals surface area (Å²) in [7, 11) is 0. The molecule has 194 valence electrons. The van der Waals surface area contributed by atoms with Crippen molar-refractivity contribution in [3.63, 3.8) is 0 Å². The van der Waals surface area contributed by atoms with Crippen LogP contribution in [-0.2, 0) is 14.4 Å². The van der Waals surface area contributed by atoms with Crippen molar-refractivity contribution in [1.82, 2.24) is 0 Å². The SMILES string of the molecule is CC1C2=C(C(=O)C3C(O)C4(O)C(O)=C(C(=O)O)C(=O)CC4(O)C(O)C13O)C(O)C(CCCO)CC2. The van der Waals surface area contributed by atoms with E-state index in [0.717, 1.165) is 0 Å². The number of carboxylic acid groups (broad SMARTS) is 1. The van der Waals surface area contributed by atoms with Gasteiger partial charge in [0.1, 0.15) is 34.7 Å². The fourth-order valence-corrected chi connectivity index (χ4v) is 6.74. The summed E-state index contributed by atoms with van der Waals surface area (Å²) in [5.41, 5.74) is -10.3. The quantitative estimate of drug-likeness (QED) is 0.182. The Labute approximate surface area is 199 Å². The fourth-order valence-electron chi connectivity index (χ4n) is 6.74. The molecule has 0 saturated heterocycles. The molecule has 1 saturated carbocycles. The van der Waals surface area contributed by atoms with E-state index in [9.17, 15) is 55.2 Å². The highest BCUT2D eigenvalue weighted by Gasteiger charge is 2.79. The van der Waals surface area contributed by atoms with Gasteiger partial charge in [0, 0.05) is 24.5 Å². The Bertz CT molecular complexity index is 1050. The van der Waals surface area contributed by atoms with Gasteiger partial charge in [-0.1, -0.05) is 12.5 Å². The minimum absolute atomic E-state index is 0.129. The van der Waals surface area contributed by atoms with Crippen molar-refractivity contribution in [2.75, 3.05) is 6.61 Å². The average Bonchev–Trinajstić information content (AvgIpc) is 2.78. The molecule has 0 aromatic heterocycles. The lowest BCUT2D eigenvalue weighted by atomic mass is 9.46. The van der Waals surface area contributed by atoms with Gasteiger partial charge in [-0.15, -0.1) is 0 Å². The third kappa shape index (κ3) is 3.02. The van der Waals surface area contributed by atoms with Crippen LogP contribution in [0.25, 0.3) is 0 Å². The summed E-state index contributed by atoms with van der Waals surface area (Å²) in [6.45, 7) is 1.27. The number of hydrogen-bond donors (Lipinski definition) is 9. The Morgan fingerprint density at radius 1 is 1.11 bits per heavy atom. The van der Waals surface area contributed by atoms with Crippen LogP contribution in [-0.4, -0.2) is 105 Å². The number of carbonyl (C=O) groups excluding carboxylic acids is 2. The van der Waals surface area contributed by atoms with Gasteiger partial charge in [0.25, 0.3) is 0 Å². The lowest BCUT2D eigenvalue weighted by molar-refractivity contribution is -0.329. The van der Waals surface area contributed by atoms with Gasteiger partial charge in [-0.2, -0.15) is 0 Å². The molecule has 4 aliphatic rings. The molecule has 0 aliphatic heterocycles. The summed E-state index contributed by atoms with van der Waals surface area (Å²) >= 11 is 0. The molecular formula is C23H30O12. The van der Waals surface area contributed by atoms with E-state index in [1.54, 1.807) is 0 Å². The monoisotopic (exact) mass is 498 g/mol. The molecule has 12 heteroatoms. The number of carbonyl (C=O) groups is 3. The predicted molar refractivity (Wildman–Crippen MR) is 114 cm³/mol. The first-order chi connectivity index (χ1) is 16.2. The lowest BCUT2D eigenvalue weighted by Crippen LogP contribution is -2.84. The Morgan fingerprint density at radius 2 is 1.74 bits per heavy atom. The fraction of sp³-hybridized carbons (Fsp3) is 0.696. The second kappa shape index (κ2) is 8.17. The highest BCUT2D eigenvalue weighted by atomic mass is 16.4. The van der Waals surface area contributed by atoms with Crippen molar-refractivity contribution in [3.8, 4) is 0 Å². The second-order valence-corrected chi connectivity index (χ2v) is 10.2. The van der Waals surface area contributed by atoms with Crippen molar-refractivity contribution < 1.29 is 60.3 Å². The summed E-state index contributed by atoms with van der Waals surface area (Å²) < 4.78 is 0. The molecule has 1 fully saturated rings. The van der Waals surface area contributed by atoms with E-state index in [1.807, 2.05) is 0 Å². The maximum Gasteiger partial charge on any atom is 0.342 e.